The van der Waals surface area contributed by atoms with Gasteiger partial charge in [0.25, 0.3) is 15.9 Å². The van der Waals surface area contributed by atoms with E-state index in [1.54, 1.807) is 43.5 Å². The number of anilines is 1. The zero-order valence-corrected chi connectivity index (χ0v) is 17.4. The van der Waals surface area contributed by atoms with E-state index in [2.05, 4.69) is 5.32 Å². The lowest BCUT2D eigenvalue weighted by Crippen LogP contribution is -2.46. The van der Waals surface area contributed by atoms with Crippen LogP contribution in [0.15, 0.2) is 59.5 Å². The Balaban J connectivity index is 1.80. The van der Waals surface area contributed by atoms with Gasteiger partial charge in [-0.1, -0.05) is 24.3 Å². The molecule has 29 heavy (non-hydrogen) atoms. The summed E-state index contributed by atoms with van der Waals surface area (Å²) >= 11 is 0. The number of para-hydroxylation sites is 1. The number of carbonyl (C=O) groups excluding carboxylic acids is 1. The molecule has 0 radical (unpaired) electrons. The van der Waals surface area contributed by atoms with E-state index < -0.39 is 10.0 Å². The van der Waals surface area contributed by atoms with Crippen molar-refractivity contribution in [2.45, 2.75) is 29.9 Å². The van der Waals surface area contributed by atoms with Crippen molar-refractivity contribution in [1.29, 1.82) is 0 Å². The van der Waals surface area contributed by atoms with Gasteiger partial charge in [-0.05, 0) is 43.2 Å². The fourth-order valence-corrected chi connectivity index (χ4v) is 4.57. The maximum absolute atomic E-state index is 13.0. The average molecular weight is 419 g/mol. The van der Waals surface area contributed by atoms with Crippen LogP contribution >= 0.6 is 0 Å². The zero-order valence-electron chi connectivity index (χ0n) is 16.6. The molecule has 1 aliphatic heterocycles. The van der Waals surface area contributed by atoms with E-state index in [1.807, 2.05) is 6.07 Å². The molecule has 156 valence electrons. The molecule has 0 spiro atoms. The predicted octanol–water partition coefficient (Wildman–Crippen LogP) is 2.44. The Morgan fingerprint density at radius 2 is 2.00 bits per heavy atom. The molecule has 0 saturated carbocycles. The van der Waals surface area contributed by atoms with Gasteiger partial charge in [0.1, 0.15) is 0 Å². The SMILES string of the molecule is COC[C@H](NC(=O)c1cccc(S(=O)(=O)N(C)c2ccccc2)c1)[C@H]1CCCO1. The molecule has 8 heteroatoms. The van der Waals surface area contributed by atoms with E-state index in [0.717, 1.165) is 12.8 Å². The summed E-state index contributed by atoms with van der Waals surface area (Å²) in [6.07, 6.45) is 1.69. The van der Waals surface area contributed by atoms with Gasteiger partial charge in [0, 0.05) is 26.3 Å². The monoisotopic (exact) mass is 418 g/mol. The van der Waals surface area contributed by atoms with Crippen molar-refractivity contribution in [3.8, 4) is 0 Å². The standard InChI is InChI=1S/C21H26N2O5S/c1-23(17-9-4-3-5-10-17)29(25,26)18-11-6-8-16(14-18)21(24)22-19(15-27-2)20-12-7-13-28-20/h3-6,8-11,14,19-20H,7,12-13,15H2,1-2H3,(H,22,24)/t19-,20+/m0/s1. The van der Waals surface area contributed by atoms with Gasteiger partial charge < -0.3 is 14.8 Å². The summed E-state index contributed by atoms with van der Waals surface area (Å²) in [7, 11) is -0.739. The molecule has 0 aromatic heterocycles. The largest absolute Gasteiger partial charge is 0.382 e. The molecule has 0 aliphatic carbocycles. The van der Waals surface area contributed by atoms with E-state index in [9.17, 15) is 13.2 Å². The van der Waals surface area contributed by atoms with Gasteiger partial charge in [-0.3, -0.25) is 9.10 Å². The first-order valence-corrected chi connectivity index (χ1v) is 10.9. The molecule has 1 aliphatic rings. The number of amides is 1. The summed E-state index contributed by atoms with van der Waals surface area (Å²) in [6, 6.07) is 14.5. The molecule has 1 fully saturated rings. The molecule has 1 saturated heterocycles. The quantitative estimate of drug-likeness (QED) is 0.712. The minimum Gasteiger partial charge on any atom is -0.382 e. The third-order valence-corrected chi connectivity index (χ3v) is 6.73. The van der Waals surface area contributed by atoms with Crippen LogP contribution in [0.3, 0.4) is 0 Å². The third-order valence-electron chi connectivity index (χ3n) is 4.95. The van der Waals surface area contributed by atoms with Crippen LogP contribution in [0.25, 0.3) is 0 Å². The van der Waals surface area contributed by atoms with E-state index in [4.69, 9.17) is 9.47 Å². The number of hydrogen-bond donors (Lipinski definition) is 1. The lowest BCUT2D eigenvalue weighted by Gasteiger charge is -2.24. The fraction of sp³-hybridized carbons (Fsp3) is 0.381. The Morgan fingerprint density at radius 3 is 2.66 bits per heavy atom. The van der Waals surface area contributed by atoms with E-state index in [1.165, 1.54) is 23.5 Å². The number of rotatable bonds is 8. The number of sulfonamides is 1. The molecular formula is C21H26N2O5S. The van der Waals surface area contributed by atoms with Gasteiger partial charge in [-0.2, -0.15) is 0 Å². The van der Waals surface area contributed by atoms with Crippen molar-refractivity contribution in [1.82, 2.24) is 5.32 Å². The van der Waals surface area contributed by atoms with Crippen molar-refractivity contribution in [3.63, 3.8) is 0 Å². The molecule has 2 atom stereocenters. The topological polar surface area (TPSA) is 84.9 Å². The molecule has 1 amide bonds. The van der Waals surface area contributed by atoms with Crippen molar-refractivity contribution in [3.05, 3.63) is 60.2 Å². The molecule has 7 nitrogen and oxygen atoms in total. The number of carbonyl (C=O) groups is 1. The van der Waals surface area contributed by atoms with Gasteiger partial charge in [0.2, 0.25) is 0 Å². The van der Waals surface area contributed by atoms with Crippen LogP contribution in [0.4, 0.5) is 5.69 Å². The van der Waals surface area contributed by atoms with Crippen LogP contribution in [0.2, 0.25) is 0 Å². The highest BCUT2D eigenvalue weighted by Crippen LogP contribution is 2.22. The summed E-state index contributed by atoms with van der Waals surface area (Å²) < 4.78 is 38.1. The first kappa shape index (κ1) is 21.3. The highest BCUT2D eigenvalue weighted by Gasteiger charge is 2.28. The van der Waals surface area contributed by atoms with Gasteiger partial charge in [0.05, 0.1) is 29.3 Å². The van der Waals surface area contributed by atoms with Crippen molar-refractivity contribution < 1.29 is 22.7 Å². The number of hydrogen-bond acceptors (Lipinski definition) is 5. The van der Waals surface area contributed by atoms with Gasteiger partial charge >= 0.3 is 0 Å². The Kier molecular flexibility index (Phi) is 6.89. The summed E-state index contributed by atoms with van der Waals surface area (Å²) in [6.45, 7) is 0.992. The molecule has 0 unspecified atom stereocenters. The summed E-state index contributed by atoms with van der Waals surface area (Å²) in [5, 5.41) is 2.92. The van der Waals surface area contributed by atoms with E-state index in [0.29, 0.717) is 18.9 Å². The van der Waals surface area contributed by atoms with Crippen LogP contribution in [-0.2, 0) is 19.5 Å². The van der Waals surface area contributed by atoms with Crippen molar-refractivity contribution >= 4 is 21.6 Å². The van der Waals surface area contributed by atoms with E-state index >= 15 is 0 Å². The second-order valence-electron chi connectivity index (χ2n) is 6.92. The summed E-state index contributed by atoms with van der Waals surface area (Å²) in [5.74, 6) is -0.359. The molecule has 3 rings (SSSR count). The molecule has 2 aromatic rings. The Hall–Kier alpha value is -2.42. The number of benzene rings is 2. The molecular weight excluding hydrogens is 392 g/mol. The maximum atomic E-state index is 13.0. The first-order chi connectivity index (χ1) is 13.9. The summed E-state index contributed by atoms with van der Waals surface area (Å²) in [4.78, 5) is 12.8. The molecule has 2 aromatic carbocycles. The highest BCUT2D eigenvalue weighted by atomic mass is 32.2. The average Bonchev–Trinajstić information content (AvgIpc) is 3.28. The van der Waals surface area contributed by atoms with Crippen LogP contribution in [0.5, 0.6) is 0 Å². The first-order valence-electron chi connectivity index (χ1n) is 9.49. The second-order valence-corrected chi connectivity index (χ2v) is 8.89. The summed E-state index contributed by atoms with van der Waals surface area (Å²) in [5.41, 5.74) is 0.813. The smallest absolute Gasteiger partial charge is 0.264 e. The third kappa shape index (κ3) is 4.95. The highest BCUT2D eigenvalue weighted by molar-refractivity contribution is 7.92. The van der Waals surface area contributed by atoms with Crippen LogP contribution < -0.4 is 9.62 Å². The Bertz CT molecular complexity index is 927. The number of nitrogens with zero attached hydrogens (tertiary/aromatic N) is 1. The number of ether oxygens (including phenoxy) is 2. The molecule has 0 bridgehead atoms. The van der Waals surface area contributed by atoms with Crippen LogP contribution in [-0.4, -0.2) is 53.8 Å². The minimum atomic E-state index is -3.80. The zero-order chi connectivity index (χ0) is 20.9. The Labute approximate surface area is 171 Å². The number of methoxy groups -OCH3 is 1. The van der Waals surface area contributed by atoms with Gasteiger partial charge in [-0.25, -0.2) is 8.42 Å². The Morgan fingerprint density at radius 1 is 1.24 bits per heavy atom. The lowest BCUT2D eigenvalue weighted by molar-refractivity contribution is 0.0403. The predicted molar refractivity (Wildman–Crippen MR) is 111 cm³/mol. The van der Waals surface area contributed by atoms with E-state index in [-0.39, 0.29) is 28.5 Å². The minimum absolute atomic E-state index is 0.0527. The number of nitrogens with one attached hydrogen (secondary N) is 1. The second kappa shape index (κ2) is 9.39. The van der Waals surface area contributed by atoms with Gasteiger partial charge in [0.15, 0.2) is 0 Å². The lowest BCUT2D eigenvalue weighted by atomic mass is 10.1. The maximum Gasteiger partial charge on any atom is 0.264 e. The molecule has 1 N–H and O–H groups in total. The van der Waals surface area contributed by atoms with Crippen LogP contribution in [0, 0.1) is 0 Å². The normalized spacial score (nSPS) is 17.7. The van der Waals surface area contributed by atoms with Crippen molar-refractivity contribution in [2.24, 2.45) is 0 Å². The molecule has 1 heterocycles. The van der Waals surface area contributed by atoms with Crippen molar-refractivity contribution in [2.75, 3.05) is 31.7 Å². The van der Waals surface area contributed by atoms with Gasteiger partial charge in [-0.15, -0.1) is 0 Å². The fourth-order valence-electron chi connectivity index (χ4n) is 3.33. The van der Waals surface area contributed by atoms with Crippen LogP contribution in [0.1, 0.15) is 23.2 Å².